The first kappa shape index (κ1) is 8.97. The van der Waals surface area contributed by atoms with Crippen LogP contribution in [0.25, 0.3) is 0 Å². The van der Waals surface area contributed by atoms with Crippen molar-refractivity contribution < 1.29 is 0 Å². The summed E-state index contributed by atoms with van der Waals surface area (Å²) in [5.74, 6) is 0. The average Bonchev–Trinajstić information content (AvgIpc) is 2.06. The lowest BCUT2D eigenvalue weighted by Gasteiger charge is -2.27. The minimum Gasteiger partial charge on any atom is -0.316 e. The number of rotatable bonds is 3. The van der Waals surface area contributed by atoms with Crippen LogP contribution < -0.4 is 16.4 Å². The maximum atomic E-state index is 5.75. The fraction of sp³-hybridized carbons (Fsp3) is 1.00. The van der Waals surface area contributed by atoms with Gasteiger partial charge in [0.25, 0.3) is 0 Å². The highest BCUT2D eigenvalue weighted by molar-refractivity contribution is 4.72. The van der Waals surface area contributed by atoms with E-state index < -0.39 is 0 Å². The van der Waals surface area contributed by atoms with Crippen molar-refractivity contribution in [2.75, 3.05) is 6.54 Å². The molecule has 0 aromatic rings. The molecule has 1 rings (SSSR count). The zero-order chi connectivity index (χ0) is 8.10. The lowest BCUT2D eigenvalue weighted by atomic mass is 10.1. The summed E-state index contributed by atoms with van der Waals surface area (Å²) in [6.45, 7) is 3.23. The molecule has 2 atom stereocenters. The van der Waals surface area contributed by atoms with Gasteiger partial charge in [0.15, 0.2) is 0 Å². The predicted octanol–water partition coefficient (Wildman–Crippen LogP) is 0.370. The van der Waals surface area contributed by atoms with Crippen LogP contribution in [0.4, 0.5) is 0 Å². The van der Waals surface area contributed by atoms with Gasteiger partial charge in [-0.2, -0.15) is 0 Å². The van der Waals surface area contributed by atoms with Gasteiger partial charge >= 0.3 is 0 Å². The maximum absolute atomic E-state index is 5.75. The van der Waals surface area contributed by atoms with Crippen molar-refractivity contribution in [3.8, 4) is 0 Å². The molecule has 0 aromatic carbocycles. The molecule has 0 aromatic heterocycles. The van der Waals surface area contributed by atoms with Crippen LogP contribution in [0.3, 0.4) is 0 Å². The third-order valence-corrected chi connectivity index (χ3v) is 2.17. The SMILES string of the molecule is CCC(N)NC1CCCCN1. The second-order valence-electron chi connectivity index (χ2n) is 3.18. The molecular weight excluding hydrogens is 138 g/mol. The quantitative estimate of drug-likeness (QED) is 0.519. The van der Waals surface area contributed by atoms with Gasteiger partial charge in [-0.1, -0.05) is 6.92 Å². The summed E-state index contributed by atoms with van der Waals surface area (Å²) >= 11 is 0. The molecule has 4 N–H and O–H groups in total. The van der Waals surface area contributed by atoms with E-state index in [1.54, 1.807) is 0 Å². The Morgan fingerprint density at radius 1 is 1.64 bits per heavy atom. The number of nitrogens with two attached hydrogens (primary N) is 1. The van der Waals surface area contributed by atoms with Crippen molar-refractivity contribution in [1.82, 2.24) is 10.6 Å². The highest BCUT2D eigenvalue weighted by atomic mass is 15.2. The summed E-state index contributed by atoms with van der Waals surface area (Å²) in [4.78, 5) is 0. The normalized spacial score (nSPS) is 28.4. The van der Waals surface area contributed by atoms with Gasteiger partial charge in [-0.15, -0.1) is 0 Å². The van der Waals surface area contributed by atoms with Crippen LogP contribution in [0.1, 0.15) is 32.6 Å². The van der Waals surface area contributed by atoms with E-state index in [0.29, 0.717) is 6.17 Å². The topological polar surface area (TPSA) is 50.1 Å². The average molecular weight is 157 g/mol. The highest BCUT2D eigenvalue weighted by Gasteiger charge is 2.13. The van der Waals surface area contributed by atoms with Gasteiger partial charge in [-0.05, 0) is 32.2 Å². The van der Waals surface area contributed by atoms with Crippen molar-refractivity contribution >= 4 is 0 Å². The van der Waals surface area contributed by atoms with Crippen molar-refractivity contribution in [1.29, 1.82) is 0 Å². The Balaban J connectivity index is 2.13. The van der Waals surface area contributed by atoms with Gasteiger partial charge in [0.2, 0.25) is 0 Å². The van der Waals surface area contributed by atoms with E-state index in [9.17, 15) is 0 Å². The Morgan fingerprint density at radius 2 is 2.45 bits per heavy atom. The second-order valence-corrected chi connectivity index (χ2v) is 3.18. The van der Waals surface area contributed by atoms with Crippen LogP contribution in [0.15, 0.2) is 0 Å². The fourth-order valence-corrected chi connectivity index (χ4v) is 1.37. The highest BCUT2D eigenvalue weighted by Crippen LogP contribution is 2.04. The van der Waals surface area contributed by atoms with E-state index >= 15 is 0 Å². The van der Waals surface area contributed by atoms with Gasteiger partial charge in [0.1, 0.15) is 0 Å². The van der Waals surface area contributed by atoms with Crippen molar-refractivity contribution in [3.05, 3.63) is 0 Å². The summed E-state index contributed by atoms with van der Waals surface area (Å²) in [6, 6.07) is 0. The summed E-state index contributed by atoms with van der Waals surface area (Å²) in [5.41, 5.74) is 5.75. The molecule has 3 nitrogen and oxygen atoms in total. The van der Waals surface area contributed by atoms with E-state index in [-0.39, 0.29) is 6.17 Å². The minimum absolute atomic E-state index is 0.158. The van der Waals surface area contributed by atoms with Crippen LogP contribution in [-0.4, -0.2) is 18.9 Å². The zero-order valence-electron chi connectivity index (χ0n) is 7.27. The zero-order valence-corrected chi connectivity index (χ0v) is 7.27. The molecular formula is C8H19N3. The molecule has 0 spiro atoms. The Bertz CT molecular complexity index is 99.5. The minimum atomic E-state index is 0.158. The maximum Gasteiger partial charge on any atom is 0.0583 e. The number of hydrogen-bond donors (Lipinski definition) is 3. The van der Waals surface area contributed by atoms with Gasteiger partial charge in [0, 0.05) is 0 Å². The van der Waals surface area contributed by atoms with Crippen molar-refractivity contribution in [2.45, 2.75) is 44.9 Å². The first-order valence-electron chi connectivity index (χ1n) is 4.58. The third-order valence-electron chi connectivity index (χ3n) is 2.17. The van der Waals surface area contributed by atoms with Gasteiger partial charge in [-0.25, -0.2) is 0 Å². The van der Waals surface area contributed by atoms with E-state index in [4.69, 9.17) is 5.73 Å². The number of hydrogen-bond acceptors (Lipinski definition) is 3. The molecule has 1 aliphatic rings. The molecule has 66 valence electrons. The first-order chi connectivity index (χ1) is 5.33. The summed E-state index contributed by atoms with van der Waals surface area (Å²) < 4.78 is 0. The molecule has 3 heteroatoms. The Labute approximate surface area is 68.7 Å². The van der Waals surface area contributed by atoms with Crippen LogP contribution in [0.2, 0.25) is 0 Å². The van der Waals surface area contributed by atoms with E-state index in [0.717, 1.165) is 13.0 Å². The molecule has 0 amide bonds. The standard InChI is InChI=1S/C8H19N3/c1-2-7(9)11-8-5-3-4-6-10-8/h7-8,10-11H,2-6,9H2,1H3. The van der Waals surface area contributed by atoms with Crippen LogP contribution >= 0.6 is 0 Å². The Kier molecular flexibility index (Phi) is 3.83. The molecule has 1 aliphatic heterocycles. The van der Waals surface area contributed by atoms with Gasteiger partial charge < -0.3 is 11.1 Å². The Morgan fingerprint density at radius 3 is 3.00 bits per heavy atom. The molecule has 1 fully saturated rings. The fourth-order valence-electron chi connectivity index (χ4n) is 1.37. The van der Waals surface area contributed by atoms with E-state index in [1.807, 2.05) is 0 Å². The molecule has 1 heterocycles. The Hall–Kier alpha value is -0.120. The number of piperidine rings is 1. The van der Waals surface area contributed by atoms with Gasteiger partial charge in [-0.3, -0.25) is 5.32 Å². The molecule has 0 aliphatic carbocycles. The number of nitrogens with one attached hydrogen (secondary N) is 2. The molecule has 0 saturated carbocycles. The van der Waals surface area contributed by atoms with E-state index in [1.165, 1.54) is 19.3 Å². The van der Waals surface area contributed by atoms with Crippen LogP contribution in [-0.2, 0) is 0 Å². The largest absolute Gasteiger partial charge is 0.316 e. The molecule has 0 bridgehead atoms. The smallest absolute Gasteiger partial charge is 0.0583 e. The van der Waals surface area contributed by atoms with Gasteiger partial charge in [0.05, 0.1) is 12.3 Å². The lowest BCUT2D eigenvalue weighted by Crippen LogP contribution is -2.52. The molecule has 1 saturated heterocycles. The summed E-state index contributed by atoms with van der Waals surface area (Å²) in [5, 5.41) is 6.73. The third kappa shape index (κ3) is 3.18. The lowest BCUT2D eigenvalue weighted by molar-refractivity contribution is 0.309. The second kappa shape index (κ2) is 4.70. The first-order valence-corrected chi connectivity index (χ1v) is 4.58. The van der Waals surface area contributed by atoms with Crippen molar-refractivity contribution in [3.63, 3.8) is 0 Å². The van der Waals surface area contributed by atoms with Crippen LogP contribution in [0.5, 0.6) is 0 Å². The predicted molar refractivity (Wildman–Crippen MR) is 47.0 cm³/mol. The molecule has 2 unspecified atom stereocenters. The summed E-state index contributed by atoms with van der Waals surface area (Å²) in [6.07, 6.45) is 5.45. The van der Waals surface area contributed by atoms with Crippen LogP contribution in [0, 0.1) is 0 Å². The van der Waals surface area contributed by atoms with E-state index in [2.05, 4.69) is 17.6 Å². The molecule has 11 heavy (non-hydrogen) atoms. The monoisotopic (exact) mass is 157 g/mol. The molecule has 0 radical (unpaired) electrons. The van der Waals surface area contributed by atoms with Crippen molar-refractivity contribution in [2.24, 2.45) is 5.73 Å². The summed E-state index contributed by atoms with van der Waals surface area (Å²) in [7, 11) is 0.